The second kappa shape index (κ2) is 13.5. The SMILES string of the molecule is C(=P(Nc1cccc2cccnc12)(c1ccccc1)c1ccccc1)P(=Nc1cccc2cccnc12)(c1ccccc1)c1ccccc1. The Morgan fingerprint density at radius 1 is 0.429 bits per heavy atom. The lowest BCUT2D eigenvalue weighted by molar-refractivity contribution is 1.40. The predicted octanol–water partition coefficient (Wildman–Crippen LogP) is 9.72. The first-order valence-corrected chi connectivity index (χ1v) is 20.0. The standard InChI is InChI=1S/C43H34N4P2/c1-5-21-36(22-6-1)48(37-23-7-2-8-24-37,46-40-29-13-17-34-19-15-31-44-42(34)40)33-49(38-25-9-3-10-26-38,39-27-11-4-12-28-39)47-41-30-14-18-35-20-16-32-45-43(35)41/h1-33,46H. The van der Waals surface area contributed by atoms with Gasteiger partial charge in [-0.1, -0.05) is 158 Å². The molecule has 8 rings (SSSR count). The van der Waals surface area contributed by atoms with Crippen molar-refractivity contribution in [2.24, 2.45) is 4.74 Å². The minimum Gasteiger partial charge on any atom is -0.357 e. The molecule has 0 spiro atoms. The van der Waals surface area contributed by atoms with Crippen molar-refractivity contribution in [1.82, 2.24) is 9.97 Å². The number of nitrogens with zero attached hydrogens (tertiary/aromatic N) is 3. The third kappa shape index (κ3) is 5.91. The van der Waals surface area contributed by atoms with Crippen LogP contribution in [0, 0.1) is 0 Å². The van der Waals surface area contributed by atoms with Crippen LogP contribution in [0.5, 0.6) is 0 Å². The molecule has 1 N–H and O–H groups in total. The van der Waals surface area contributed by atoms with Gasteiger partial charge in [0.25, 0.3) is 0 Å². The van der Waals surface area contributed by atoms with Crippen LogP contribution < -0.4 is 26.3 Å². The van der Waals surface area contributed by atoms with Crippen molar-refractivity contribution >= 4 is 74.0 Å². The van der Waals surface area contributed by atoms with Gasteiger partial charge in [0.05, 0.1) is 29.5 Å². The van der Waals surface area contributed by atoms with Crippen molar-refractivity contribution in [3.8, 4) is 0 Å². The van der Waals surface area contributed by atoms with Gasteiger partial charge in [-0.2, -0.15) is 0 Å². The summed E-state index contributed by atoms with van der Waals surface area (Å²) in [6.07, 6.45) is 3.73. The minimum atomic E-state index is -2.75. The normalized spacial score (nSPS) is 11.7. The molecule has 0 fully saturated rings. The molecule has 0 aliphatic rings. The molecule has 8 aromatic rings. The quantitative estimate of drug-likeness (QED) is 0.164. The van der Waals surface area contributed by atoms with E-state index in [1.165, 1.54) is 21.2 Å². The lowest BCUT2D eigenvalue weighted by atomic mass is 10.2. The lowest BCUT2D eigenvalue weighted by Crippen LogP contribution is -2.27. The molecule has 4 nitrogen and oxygen atoms in total. The molecule has 0 aliphatic carbocycles. The molecule has 0 saturated carbocycles. The van der Waals surface area contributed by atoms with Gasteiger partial charge >= 0.3 is 0 Å². The summed E-state index contributed by atoms with van der Waals surface area (Å²) in [4.78, 5) is 9.75. The van der Waals surface area contributed by atoms with Crippen molar-refractivity contribution in [2.75, 3.05) is 5.09 Å². The molecular weight excluding hydrogens is 634 g/mol. The Kier molecular flexibility index (Phi) is 8.50. The van der Waals surface area contributed by atoms with Crippen molar-refractivity contribution < 1.29 is 0 Å². The fourth-order valence-electron chi connectivity index (χ4n) is 6.47. The molecule has 0 unspecified atom stereocenters. The smallest absolute Gasteiger partial charge is 0.0957 e. The highest BCUT2D eigenvalue weighted by molar-refractivity contribution is 8.08. The first-order chi connectivity index (χ1) is 24.3. The molecule has 6 aromatic carbocycles. The second-order valence-corrected chi connectivity index (χ2v) is 18.0. The Hall–Kier alpha value is -5.53. The van der Waals surface area contributed by atoms with Crippen LogP contribution in [0.25, 0.3) is 21.8 Å². The van der Waals surface area contributed by atoms with Crippen molar-refractivity contribution in [3.05, 3.63) is 194 Å². The zero-order chi connectivity index (χ0) is 32.9. The maximum atomic E-state index is 5.96. The van der Waals surface area contributed by atoms with Gasteiger partial charge in [-0.05, 0) is 40.4 Å². The van der Waals surface area contributed by atoms with Crippen molar-refractivity contribution in [2.45, 2.75) is 0 Å². The largest absolute Gasteiger partial charge is 0.357 e. The third-order valence-corrected chi connectivity index (χ3v) is 17.0. The van der Waals surface area contributed by atoms with E-state index in [0.717, 1.165) is 33.2 Å². The van der Waals surface area contributed by atoms with Crippen LogP contribution in [0.2, 0.25) is 0 Å². The van der Waals surface area contributed by atoms with Crippen LogP contribution >= 0.6 is 14.1 Å². The molecule has 2 aromatic heterocycles. The maximum Gasteiger partial charge on any atom is 0.0957 e. The molecule has 0 bridgehead atoms. The molecule has 2 heterocycles. The first-order valence-electron chi connectivity index (χ1n) is 16.3. The van der Waals surface area contributed by atoms with E-state index in [4.69, 9.17) is 14.7 Å². The van der Waals surface area contributed by atoms with Gasteiger partial charge in [-0.3, -0.25) is 14.7 Å². The van der Waals surface area contributed by atoms with Crippen LogP contribution in [0.1, 0.15) is 0 Å². The molecule has 6 heteroatoms. The Morgan fingerprint density at radius 3 is 1.43 bits per heavy atom. The summed E-state index contributed by atoms with van der Waals surface area (Å²) >= 11 is 0. The zero-order valence-electron chi connectivity index (χ0n) is 26.8. The van der Waals surface area contributed by atoms with Gasteiger partial charge in [-0.25, -0.2) is 0 Å². The first kappa shape index (κ1) is 30.8. The number of hydrogen-bond donors (Lipinski definition) is 1. The van der Waals surface area contributed by atoms with Crippen molar-refractivity contribution in [3.63, 3.8) is 0 Å². The lowest BCUT2D eigenvalue weighted by Gasteiger charge is -2.34. The number of hydrogen-bond acceptors (Lipinski definition) is 4. The molecule has 0 radical (unpaired) electrons. The third-order valence-electron chi connectivity index (χ3n) is 8.77. The molecule has 49 heavy (non-hydrogen) atoms. The van der Waals surface area contributed by atoms with E-state index in [0.29, 0.717) is 0 Å². The van der Waals surface area contributed by atoms with Crippen LogP contribution in [0.4, 0.5) is 11.4 Å². The molecule has 0 amide bonds. The minimum absolute atomic E-state index is 0.876. The van der Waals surface area contributed by atoms with E-state index < -0.39 is 14.1 Å². The fourth-order valence-corrected chi connectivity index (χ4v) is 15.7. The van der Waals surface area contributed by atoms with Crippen LogP contribution in [-0.2, 0) is 0 Å². The predicted molar refractivity (Wildman–Crippen MR) is 213 cm³/mol. The van der Waals surface area contributed by atoms with E-state index in [2.05, 4.69) is 180 Å². The number of anilines is 1. The number of fused-ring (bicyclic) bond motifs is 2. The molecular formula is C43H34N4P2. The highest BCUT2D eigenvalue weighted by Gasteiger charge is 2.32. The van der Waals surface area contributed by atoms with Crippen molar-refractivity contribution in [1.29, 1.82) is 0 Å². The Balaban J connectivity index is 1.59. The van der Waals surface area contributed by atoms with Crippen LogP contribution in [0.3, 0.4) is 0 Å². The van der Waals surface area contributed by atoms with Gasteiger partial charge in [0, 0.05) is 40.8 Å². The second-order valence-electron chi connectivity index (χ2n) is 11.8. The number of benzene rings is 6. The number of aromatic nitrogens is 2. The van der Waals surface area contributed by atoms with Gasteiger partial charge < -0.3 is 5.09 Å². The van der Waals surface area contributed by atoms with E-state index >= 15 is 0 Å². The van der Waals surface area contributed by atoms with Gasteiger partial charge in [0.2, 0.25) is 0 Å². The topological polar surface area (TPSA) is 50.2 Å². The summed E-state index contributed by atoms with van der Waals surface area (Å²) in [5, 5.41) is 11.1. The Morgan fingerprint density at radius 2 is 0.878 bits per heavy atom. The highest BCUT2D eigenvalue weighted by atomic mass is 31.2. The van der Waals surface area contributed by atoms with E-state index in [1.807, 2.05) is 24.5 Å². The van der Waals surface area contributed by atoms with E-state index in [-0.39, 0.29) is 0 Å². The molecule has 236 valence electrons. The average molecular weight is 669 g/mol. The zero-order valence-corrected chi connectivity index (χ0v) is 28.6. The molecule has 0 saturated heterocycles. The van der Waals surface area contributed by atoms with Crippen LogP contribution in [0.15, 0.2) is 199 Å². The fraction of sp³-hybridized carbons (Fsp3) is 0. The highest BCUT2D eigenvalue weighted by Crippen LogP contribution is 2.58. The monoisotopic (exact) mass is 668 g/mol. The van der Waals surface area contributed by atoms with Gasteiger partial charge in [-0.15, -0.1) is 0 Å². The molecule has 0 atom stereocenters. The summed E-state index contributed by atoms with van der Waals surface area (Å²) in [7, 11) is -5.41. The molecule has 0 aliphatic heterocycles. The number of rotatable bonds is 8. The van der Waals surface area contributed by atoms with Gasteiger partial charge in [0.1, 0.15) is 0 Å². The van der Waals surface area contributed by atoms with E-state index in [1.54, 1.807) is 0 Å². The number of para-hydroxylation sites is 2. The van der Waals surface area contributed by atoms with E-state index in [9.17, 15) is 0 Å². The maximum absolute atomic E-state index is 5.96. The summed E-state index contributed by atoms with van der Waals surface area (Å²) < 4.78 is 5.96. The van der Waals surface area contributed by atoms with Gasteiger partial charge in [0.15, 0.2) is 0 Å². The summed E-state index contributed by atoms with van der Waals surface area (Å²) in [6.45, 7) is 0. The average Bonchev–Trinajstić information content (AvgIpc) is 3.19. The Bertz CT molecular complexity index is 2390. The summed E-state index contributed by atoms with van der Waals surface area (Å²) in [6, 6.07) is 64.3. The summed E-state index contributed by atoms with van der Waals surface area (Å²) in [5.74, 6) is 0. The number of nitrogens with one attached hydrogen (secondary N) is 1. The summed E-state index contributed by atoms with van der Waals surface area (Å²) in [5.41, 5.74) is 6.30. The van der Waals surface area contributed by atoms with Crippen LogP contribution in [-0.4, -0.2) is 15.5 Å². The number of pyridine rings is 2. The Labute approximate surface area is 287 Å².